The SMILES string of the molecule is COc1cc(F)ccc1S(=O)(=O)NCCNc1nc(-c2ccccc2Cl)nc2ccccc12. The lowest BCUT2D eigenvalue weighted by molar-refractivity contribution is 0.398. The van der Waals surface area contributed by atoms with Crippen molar-refractivity contribution < 1.29 is 17.5 Å². The zero-order chi connectivity index (χ0) is 23.4. The second-order valence-corrected chi connectivity index (χ2v) is 9.16. The summed E-state index contributed by atoms with van der Waals surface area (Å²) in [6.07, 6.45) is 0. The third-order valence-corrected chi connectivity index (χ3v) is 6.67. The fourth-order valence-electron chi connectivity index (χ4n) is 3.28. The molecule has 4 aromatic rings. The molecular formula is C23H20ClFN4O3S. The number of rotatable bonds is 8. The molecule has 0 unspecified atom stereocenters. The molecule has 0 aliphatic rings. The van der Waals surface area contributed by atoms with Gasteiger partial charge in [-0.1, -0.05) is 35.9 Å². The summed E-state index contributed by atoms with van der Waals surface area (Å²) >= 11 is 6.32. The van der Waals surface area contributed by atoms with E-state index in [1.165, 1.54) is 7.11 Å². The van der Waals surface area contributed by atoms with E-state index in [1.54, 1.807) is 6.07 Å². The van der Waals surface area contributed by atoms with E-state index in [4.69, 9.17) is 16.3 Å². The van der Waals surface area contributed by atoms with Gasteiger partial charge in [0.05, 0.1) is 17.6 Å². The van der Waals surface area contributed by atoms with E-state index < -0.39 is 15.8 Å². The van der Waals surface area contributed by atoms with Gasteiger partial charge in [-0.25, -0.2) is 27.5 Å². The molecule has 2 N–H and O–H groups in total. The van der Waals surface area contributed by atoms with Gasteiger partial charge in [0.2, 0.25) is 10.0 Å². The zero-order valence-corrected chi connectivity index (χ0v) is 19.1. The molecule has 0 radical (unpaired) electrons. The third-order valence-electron chi connectivity index (χ3n) is 4.84. The van der Waals surface area contributed by atoms with Gasteiger partial charge in [-0.05, 0) is 36.4 Å². The topological polar surface area (TPSA) is 93.2 Å². The van der Waals surface area contributed by atoms with Gasteiger partial charge in [0.25, 0.3) is 0 Å². The maximum absolute atomic E-state index is 13.4. The Kier molecular flexibility index (Phi) is 6.73. The number of ether oxygens (including phenoxy) is 1. The van der Waals surface area contributed by atoms with Gasteiger partial charge in [0.15, 0.2) is 5.82 Å². The van der Waals surface area contributed by atoms with E-state index in [-0.39, 0.29) is 23.7 Å². The highest BCUT2D eigenvalue weighted by atomic mass is 35.5. The minimum absolute atomic E-state index is 0.0582. The Bertz CT molecular complexity index is 1420. The number of benzene rings is 3. The van der Waals surface area contributed by atoms with Crippen molar-refractivity contribution in [2.45, 2.75) is 4.90 Å². The first-order valence-corrected chi connectivity index (χ1v) is 11.8. The van der Waals surface area contributed by atoms with Gasteiger partial charge in [0, 0.05) is 30.1 Å². The van der Waals surface area contributed by atoms with Crippen LogP contribution in [0.1, 0.15) is 0 Å². The molecule has 0 saturated carbocycles. The van der Waals surface area contributed by atoms with Crippen molar-refractivity contribution in [2.24, 2.45) is 0 Å². The Balaban J connectivity index is 1.53. The smallest absolute Gasteiger partial charge is 0.244 e. The van der Waals surface area contributed by atoms with Gasteiger partial charge >= 0.3 is 0 Å². The average molecular weight is 487 g/mol. The Hall–Kier alpha value is -3.27. The highest BCUT2D eigenvalue weighted by Gasteiger charge is 2.19. The van der Waals surface area contributed by atoms with Crippen LogP contribution in [0, 0.1) is 5.82 Å². The molecular weight excluding hydrogens is 467 g/mol. The molecule has 4 rings (SSSR count). The van der Waals surface area contributed by atoms with Crippen LogP contribution in [0.3, 0.4) is 0 Å². The molecule has 0 saturated heterocycles. The van der Waals surface area contributed by atoms with Gasteiger partial charge < -0.3 is 10.1 Å². The van der Waals surface area contributed by atoms with E-state index in [0.29, 0.717) is 22.2 Å². The molecule has 0 aliphatic carbocycles. The molecule has 0 aliphatic heterocycles. The molecule has 0 fully saturated rings. The molecule has 10 heteroatoms. The van der Waals surface area contributed by atoms with Crippen LogP contribution in [-0.2, 0) is 10.0 Å². The number of para-hydroxylation sites is 1. The molecule has 170 valence electrons. The molecule has 33 heavy (non-hydrogen) atoms. The van der Waals surface area contributed by atoms with Gasteiger partial charge in [0.1, 0.15) is 22.3 Å². The first-order chi connectivity index (χ1) is 15.9. The van der Waals surface area contributed by atoms with E-state index in [2.05, 4.69) is 20.0 Å². The summed E-state index contributed by atoms with van der Waals surface area (Å²) in [5.41, 5.74) is 1.42. The number of fused-ring (bicyclic) bond motifs is 1. The van der Waals surface area contributed by atoms with Gasteiger partial charge in [-0.15, -0.1) is 0 Å². The highest BCUT2D eigenvalue weighted by Crippen LogP contribution is 2.29. The van der Waals surface area contributed by atoms with Crippen molar-refractivity contribution in [3.8, 4) is 17.1 Å². The number of hydrogen-bond donors (Lipinski definition) is 2. The normalized spacial score (nSPS) is 11.5. The maximum atomic E-state index is 13.4. The van der Waals surface area contributed by atoms with Crippen LogP contribution in [0.15, 0.2) is 71.6 Å². The van der Waals surface area contributed by atoms with Crippen LogP contribution in [0.4, 0.5) is 10.2 Å². The quantitative estimate of drug-likeness (QED) is 0.356. The standard InChI is InChI=1S/C23H20ClFN4O3S/c1-32-20-14-15(25)10-11-21(20)33(30,31)27-13-12-26-22-17-7-3-5-9-19(17)28-23(29-22)16-6-2-4-8-18(16)24/h2-11,14,27H,12-13H2,1H3,(H,26,28,29). The molecule has 0 amide bonds. The lowest BCUT2D eigenvalue weighted by Crippen LogP contribution is -2.29. The Labute approximate surface area is 195 Å². The van der Waals surface area contributed by atoms with Crippen LogP contribution < -0.4 is 14.8 Å². The zero-order valence-electron chi connectivity index (χ0n) is 17.5. The van der Waals surface area contributed by atoms with Crippen molar-refractivity contribution in [3.63, 3.8) is 0 Å². The van der Waals surface area contributed by atoms with Crippen LogP contribution in [0.25, 0.3) is 22.3 Å². The Morgan fingerprint density at radius 2 is 1.76 bits per heavy atom. The second kappa shape index (κ2) is 9.70. The molecule has 1 aromatic heterocycles. The summed E-state index contributed by atoms with van der Waals surface area (Å²) < 4.78 is 46.2. The van der Waals surface area contributed by atoms with E-state index in [0.717, 1.165) is 29.1 Å². The molecule has 1 heterocycles. The first kappa shape index (κ1) is 22.9. The molecule has 3 aromatic carbocycles. The number of anilines is 1. The van der Waals surface area contributed by atoms with Gasteiger partial charge in [-0.2, -0.15) is 0 Å². The minimum atomic E-state index is -3.91. The number of nitrogens with one attached hydrogen (secondary N) is 2. The largest absolute Gasteiger partial charge is 0.495 e. The Morgan fingerprint density at radius 3 is 2.55 bits per heavy atom. The van der Waals surface area contributed by atoms with Crippen LogP contribution in [-0.4, -0.2) is 38.6 Å². The predicted molar refractivity (Wildman–Crippen MR) is 127 cm³/mol. The van der Waals surface area contributed by atoms with Crippen molar-refractivity contribution >= 4 is 38.3 Å². The van der Waals surface area contributed by atoms with Crippen molar-refractivity contribution in [1.82, 2.24) is 14.7 Å². The lowest BCUT2D eigenvalue weighted by atomic mass is 10.2. The number of aromatic nitrogens is 2. The molecule has 0 atom stereocenters. The maximum Gasteiger partial charge on any atom is 0.244 e. The number of sulfonamides is 1. The Morgan fingerprint density at radius 1 is 1.00 bits per heavy atom. The van der Waals surface area contributed by atoms with Crippen LogP contribution in [0.5, 0.6) is 5.75 Å². The lowest BCUT2D eigenvalue weighted by Gasteiger charge is -2.13. The first-order valence-electron chi connectivity index (χ1n) is 9.98. The van der Waals surface area contributed by atoms with E-state index in [1.807, 2.05) is 42.5 Å². The van der Waals surface area contributed by atoms with Crippen molar-refractivity contribution in [2.75, 3.05) is 25.5 Å². The van der Waals surface area contributed by atoms with Crippen molar-refractivity contribution in [3.05, 3.63) is 77.6 Å². The summed E-state index contributed by atoms with van der Waals surface area (Å²) in [7, 11) is -2.62. The monoisotopic (exact) mass is 486 g/mol. The highest BCUT2D eigenvalue weighted by molar-refractivity contribution is 7.89. The molecule has 0 bridgehead atoms. The van der Waals surface area contributed by atoms with Crippen LogP contribution >= 0.6 is 11.6 Å². The minimum Gasteiger partial charge on any atom is -0.495 e. The summed E-state index contributed by atoms with van der Waals surface area (Å²) in [4.78, 5) is 9.09. The second-order valence-electron chi connectivity index (χ2n) is 7.01. The average Bonchev–Trinajstić information content (AvgIpc) is 2.81. The van der Waals surface area contributed by atoms with Crippen molar-refractivity contribution in [1.29, 1.82) is 0 Å². The third kappa shape index (κ3) is 5.05. The fourth-order valence-corrected chi connectivity index (χ4v) is 4.68. The van der Waals surface area contributed by atoms with E-state index >= 15 is 0 Å². The summed E-state index contributed by atoms with van der Waals surface area (Å²) in [6.45, 7) is 0.300. The fraction of sp³-hybridized carbons (Fsp3) is 0.130. The summed E-state index contributed by atoms with van der Waals surface area (Å²) in [5, 5.41) is 4.48. The molecule has 7 nitrogen and oxygen atoms in total. The number of nitrogens with zero attached hydrogens (tertiary/aromatic N) is 2. The summed E-state index contributed by atoms with van der Waals surface area (Å²) in [5.74, 6) is 0.353. The number of halogens is 2. The number of methoxy groups -OCH3 is 1. The number of hydrogen-bond acceptors (Lipinski definition) is 6. The predicted octanol–water partition coefficient (Wildman–Crippen LogP) is 4.49. The van der Waals surface area contributed by atoms with Gasteiger partial charge in [-0.3, -0.25) is 0 Å². The molecule has 0 spiro atoms. The summed E-state index contributed by atoms with van der Waals surface area (Å²) in [6, 6.07) is 18.0. The van der Waals surface area contributed by atoms with E-state index in [9.17, 15) is 12.8 Å². The van der Waals surface area contributed by atoms with Crippen LogP contribution in [0.2, 0.25) is 5.02 Å².